The van der Waals surface area contributed by atoms with Gasteiger partial charge in [0.05, 0.1) is 81.2 Å². The predicted molar refractivity (Wildman–Crippen MR) is 432 cm³/mol. The number of carbonyl (C=O) groups is 6. The molecule has 0 fully saturated rings. The fraction of sp³-hybridized carbons (Fsp3) is 0.250. The van der Waals surface area contributed by atoms with Crippen LogP contribution < -0.4 is 44.8 Å². The first kappa shape index (κ1) is 87.8. The summed E-state index contributed by atoms with van der Waals surface area (Å²) in [6, 6.07) is 58.5. The van der Waals surface area contributed by atoms with Gasteiger partial charge in [-0.25, -0.2) is 19.2 Å². The highest BCUT2D eigenvalue weighted by atomic mass is 35.5. The molecule has 0 saturated carbocycles. The number of carbonyl (C=O) groups excluding carboxylic acids is 5. The number of halogens is 1. The van der Waals surface area contributed by atoms with Crippen molar-refractivity contribution in [3.8, 4) is 67.9 Å². The Bertz CT molecular complexity index is 4430. The fourth-order valence-corrected chi connectivity index (χ4v) is 11.3. The number of rotatable bonds is 31. The second-order valence-electron chi connectivity index (χ2n) is 23.7. The Morgan fingerprint density at radius 3 is 0.982 bits per heavy atom. The number of carboxylic acids is 1. The molecule has 0 saturated heterocycles. The molecule has 9 aromatic carbocycles. The Morgan fingerprint density at radius 2 is 0.697 bits per heavy atom. The van der Waals surface area contributed by atoms with Gasteiger partial charge in [0.2, 0.25) is 12.1 Å². The highest BCUT2D eigenvalue weighted by Gasteiger charge is 2.30. The van der Waals surface area contributed by atoms with Crippen LogP contribution in [-0.4, -0.2) is 129 Å². The maximum atomic E-state index is 12.3. The zero-order valence-corrected chi connectivity index (χ0v) is 64.7. The molecule has 0 bridgehead atoms. The molecule has 109 heavy (non-hydrogen) atoms. The smallest absolute Gasteiger partial charge is 0.334 e. The van der Waals surface area contributed by atoms with Crippen LogP contribution in [0.4, 0.5) is 0 Å². The van der Waals surface area contributed by atoms with Gasteiger partial charge in [-0.1, -0.05) is 182 Å². The van der Waals surface area contributed by atoms with Crippen LogP contribution in [0.15, 0.2) is 182 Å². The van der Waals surface area contributed by atoms with Gasteiger partial charge in [-0.05, 0) is 168 Å². The van der Waals surface area contributed by atoms with Crippen LogP contribution >= 0.6 is 12.4 Å². The van der Waals surface area contributed by atoms with Gasteiger partial charge in [0, 0.05) is 24.2 Å². The van der Waals surface area contributed by atoms with Crippen molar-refractivity contribution in [3.05, 3.63) is 249 Å². The molecule has 20 nitrogen and oxygen atoms in total. The number of aliphatic carboxylic acids is 1. The van der Waals surface area contributed by atoms with Crippen molar-refractivity contribution in [2.75, 3.05) is 75.6 Å². The van der Waals surface area contributed by atoms with Crippen molar-refractivity contribution >= 4 is 85.0 Å². The van der Waals surface area contributed by atoms with Gasteiger partial charge < -0.3 is 63.5 Å². The van der Waals surface area contributed by atoms with Crippen LogP contribution in [0.5, 0.6) is 34.5 Å². The van der Waals surface area contributed by atoms with Crippen molar-refractivity contribution < 1.29 is 81.2 Å². The molecule has 0 aliphatic heterocycles. The Hall–Kier alpha value is -11.8. The Balaban J connectivity index is 0.000000274. The lowest BCUT2D eigenvalue weighted by Gasteiger charge is -2.19. The number of nitrogens with two attached hydrogens (primary N) is 1. The van der Waals surface area contributed by atoms with E-state index in [-0.39, 0.29) is 51.9 Å². The van der Waals surface area contributed by atoms with Crippen LogP contribution in [0, 0.1) is 20.8 Å². The number of nitrogens with one attached hydrogen (secondary N) is 2. The van der Waals surface area contributed by atoms with Gasteiger partial charge in [-0.15, -0.1) is 12.4 Å². The minimum Gasteiger partial charge on any atom is -0.496 e. The van der Waals surface area contributed by atoms with Crippen LogP contribution in [0.1, 0.15) is 99.3 Å². The van der Waals surface area contributed by atoms with E-state index in [0.29, 0.717) is 52.2 Å². The lowest BCUT2D eigenvalue weighted by Crippen LogP contribution is -2.45. The number of methoxy groups -OCH3 is 6. The monoisotopic (exact) mass is 1500 g/mol. The van der Waals surface area contributed by atoms with Crippen molar-refractivity contribution in [2.45, 2.75) is 73.6 Å². The third-order valence-corrected chi connectivity index (χ3v) is 16.9. The number of benzene rings is 9. The van der Waals surface area contributed by atoms with Gasteiger partial charge in [-0.3, -0.25) is 14.9 Å². The van der Waals surface area contributed by atoms with E-state index in [1.54, 1.807) is 70.4 Å². The zero-order valence-electron chi connectivity index (χ0n) is 63.9. The summed E-state index contributed by atoms with van der Waals surface area (Å²) in [4.78, 5) is 68.4. The van der Waals surface area contributed by atoms with Gasteiger partial charge in [0.1, 0.15) is 34.5 Å². The largest absolute Gasteiger partial charge is 0.496 e. The van der Waals surface area contributed by atoms with E-state index in [1.165, 1.54) is 50.1 Å². The first-order valence-corrected chi connectivity index (χ1v) is 35.1. The summed E-state index contributed by atoms with van der Waals surface area (Å²) in [6.45, 7) is 14.0. The SMILES string of the molecule is CCOC(=O)C(N)C(=O)OCC.CCOC(=O)C(NCc1c(OC)cc(/C=C/c2cccc(-c3ccccc3)c2C)cc1OC)C(=O)OCC.COc1cc(/C=C/c2cccc(-c3ccccc3)c2C)cc(OC)c1C=O.COc1cc(/C=C/c2cccc(-c3ccccc3)c2C)cc(OC)c1CNCC(=O)O.Cl. The van der Waals surface area contributed by atoms with Gasteiger partial charge in [0.25, 0.3) is 0 Å². The molecule has 0 unspecified atom stereocenters. The lowest BCUT2D eigenvalue weighted by molar-refractivity contribution is -0.159. The highest BCUT2D eigenvalue weighted by molar-refractivity contribution is 6.00. The number of carboxylic acid groups (broad SMARTS) is 1. The summed E-state index contributed by atoms with van der Waals surface area (Å²) in [5.74, 6) is -0.420. The molecule has 0 spiro atoms. The number of hydrogen-bond acceptors (Lipinski definition) is 19. The molecule has 0 atom stereocenters. The molecule has 0 aliphatic carbocycles. The molecular weight excluding hydrogens is 1410 g/mol. The maximum absolute atomic E-state index is 12.3. The minimum atomic E-state index is -1.31. The predicted octanol–water partition coefficient (Wildman–Crippen LogP) is 16.0. The van der Waals surface area contributed by atoms with Crippen LogP contribution in [0.2, 0.25) is 0 Å². The van der Waals surface area contributed by atoms with Crippen molar-refractivity contribution in [3.63, 3.8) is 0 Å². The third-order valence-electron chi connectivity index (χ3n) is 16.9. The van der Waals surface area contributed by atoms with Gasteiger partial charge in [-0.2, -0.15) is 0 Å². The first-order valence-electron chi connectivity index (χ1n) is 35.1. The lowest BCUT2D eigenvalue weighted by atomic mass is 9.96. The molecule has 0 radical (unpaired) electrons. The van der Waals surface area contributed by atoms with Crippen molar-refractivity contribution in [1.29, 1.82) is 0 Å². The van der Waals surface area contributed by atoms with E-state index in [9.17, 15) is 28.8 Å². The summed E-state index contributed by atoms with van der Waals surface area (Å²) in [7, 11) is 9.40. The van der Waals surface area contributed by atoms with E-state index >= 15 is 0 Å². The molecule has 574 valence electrons. The number of hydrogen-bond donors (Lipinski definition) is 4. The first-order chi connectivity index (χ1) is 52.3. The van der Waals surface area contributed by atoms with Crippen LogP contribution in [-0.2, 0) is 56.0 Å². The molecule has 0 amide bonds. The van der Waals surface area contributed by atoms with Crippen molar-refractivity contribution in [2.24, 2.45) is 5.73 Å². The second-order valence-corrected chi connectivity index (χ2v) is 23.7. The average Bonchev–Trinajstić information content (AvgIpc) is 0.848. The van der Waals surface area contributed by atoms with Crippen molar-refractivity contribution in [1.82, 2.24) is 10.6 Å². The average molecular weight is 1510 g/mol. The molecule has 9 aromatic rings. The summed E-state index contributed by atoms with van der Waals surface area (Å²) in [6.07, 6.45) is 13.0. The van der Waals surface area contributed by atoms with Crippen LogP contribution in [0.3, 0.4) is 0 Å². The number of esters is 4. The molecule has 0 aromatic heterocycles. The van der Waals surface area contributed by atoms with E-state index in [2.05, 4.69) is 150 Å². The standard InChI is InChI=1S/C31H35NO6.C26H27NO4.C24H22O3.C7H13NO4.ClH/c1-6-37-30(33)29(31(34)38-7-2)32-20-26-27(35-4)18-22(19-28(26)36-5)16-17-23-14-11-15-25(21(23)3)24-12-9-8-10-13-24;1-18-20(10-7-11-22(18)21-8-5-4-6-9-21)13-12-19-14-24(30-2)23(25(15-19)31-3)16-27-17-26(28)29;1-17-19(10-7-11-21(17)20-8-5-4-6-9-20)13-12-18-14-23(26-2)22(16-25)24(15-18)27-3;1-3-11-6(9)5(8)7(10)12-4-2;/h8-19,29,32H,6-7,20H2,1-5H3;4-15,27H,16-17H2,1-3H3,(H,28,29);4-16H,1-3H3;5H,3-4,8H2,1-2H3;1H/b17-16+;2*13-12+;;. The molecule has 0 heterocycles. The molecule has 0 aliphatic rings. The summed E-state index contributed by atoms with van der Waals surface area (Å²) in [5.41, 5.74) is 23.9. The third kappa shape index (κ3) is 25.7. The van der Waals surface area contributed by atoms with E-state index in [0.717, 1.165) is 45.2 Å². The van der Waals surface area contributed by atoms with E-state index in [4.69, 9.17) is 48.7 Å². The summed E-state index contributed by atoms with van der Waals surface area (Å²) >= 11 is 0. The molecule has 5 N–H and O–H groups in total. The van der Waals surface area contributed by atoms with E-state index in [1.807, 2.05) is 109 Å². The summed E-state index contributed by atoms with van der Waals surface area (Å²) in [5, 5.41) is 14.7. The Kier molecular flexibility index (Phi) is 37.3. The van der Waals surface area contributed by atoms with Crippen LogP contribution in [0.25, 0.3) is 69.8 Å². The number of aldehydes is 1. The van der Waals surface area contributed by atoms with Gasteiger partial charge >= 0.3 is 29.8 Å². The zero-order chi connectivity index (χ0) is 78.5. The van der Waals surface area contributed by atoms with Gasteiger partial charge in [0.15, 0.2) is 6.29 Å². The minimum absolute atomic E-state index is 0. The Morgan fingerprint density at radius 1 is 0.404 bits per heavy atom. The number of ether oxygens (including phenoxy) is 10. The summed E-state index contributed by atoms with van der Waals surface area (Å²) < 4.78 is 52.1. The molecule has 9 rings (SSSR count). The van der Waals surface area contributed by atoms with E-state index < -0.39 is 41.9 Å². The quantitative estimate of drug-likeness (QED) is 0.0103. The second kappa shape index (κ2) is 46.3. The Labute approximate surface area is 645 Å². The topological polar surface area (TPSA) is 265 Å². The normalized spacial score (nSPS) is 10.7. The fourth-order valence-electron chi connectivity index (χ4n) is 11.3. The molecular formula is C88H98ClN3O17. The molecule has 21 heteroatoms. The highest BCUT2D eigenvalue weighted by Crippen LogP contribution is 2.36. The maximum Gasteiger partial charge on any atom is 0.334 e.